The smallest absolute Gasteiger partial charge is 0.345 e. The second kappa shape index (κ2) is 7.07. The predicted octanol–water partition coefficient (Wildman–Crippen LogP) is 3.35. The van der Waals surface area contributed by atoms with Gasteiger partial charge < -0.3 is 14.6 Å². The van der Waals surface area contributed by atoms with Gasteiger partial charge in [-0.05, 0) is 30.7 Å². The molecule has 0 atom stereocenters. The molecule has 0 radical (unpaired) electrons. The minimum atomic E-state index is -0.892. The van der Waals surface area contributed by atoms with Crippen LogP contribution in [0.2, 0.25) is 0 Å². The van der Waals surface area contributed by atoms with Crippen LogP contribution in [0.4, 0.5) is 0 Å². The highest BCUT2D eigenvalue weighted by molar-refractivity contribution is 7.14. The zero-order chi connectivity index (χ0) is 14.4. The van der Waals surface area contributed by atoms with Gasteiger partial charge in [-0.1, -0.05) is 18.2 Å². The summed E-state index contributed by atoms with van der Waals surface area (Å²) in [6.07, 6.45) is 0. The number of aryl methyl sites for hydroxylation is 1. The summed E-state index contributed by atoms with van der Waals surface area (Å²) >= 11 is 1.27. The van der Waals surface area contributed by atoms with E-state index in [0.717, 1.165) is 16.2 Å². The molecule has 1 aromatic carbocycles. The normalized spacial score (nSPS) is 10.4. The fourth-order valence-electron chi connectivity index (χ4n) is 1.69. The number of para-hydroxylation sites is 1. The maximum Gasteiger partial charge on any atom is 0.345 e. The van der Waals surface area contributed by atoms with Crippen molar-refractivity contribution in [2.45, 2.75) is 13.5 Å². The summed E-state index contributed by atoms with van der Waals surface area (Å²) in [7, 11) is 0. The molecule has 1 N–H and O–H groups in total. The Morgan fingerprint density at radius 2 is 2.00 bits per heavy atom. The second-order valence-corrected chi connectivity index (χ2v) is 5.47. The topological polar surface area (TPSA) is 55.8 Å². The zero-order valence-corrected chi connectivity index (χ0v) is 12.0. The first-order valence-electron chi connectivity index (χ1n) is 6.25. The van der Waals surface area contributed by atoms with Gasteiger partial charge in [0.25, 0.3) is 0 Å². The molecule has 1 heterocycles. The average Bonchev–Trinajstić information content (AvgIpc) is 2.81. The molecule has 0 spiro atoms. The maximum absolute atomic E-state index is 10.8. The Balaban J connectivity index is 1.72. The molecule has 0 saturated carbocycles. The molecule has 0 fully saturated rings. The predicted molar refractivity (Wildman–Crippen MR) is 77.6 cm³/mol. The highest BCUT2D eigenvalue weighted by Gasteiger charge is 2.10. The average molecular weight is 292 g/mol. The van der Waals surface area contributed by atoms with Crippen LogP contribution in [-0.2, 0) is 11.3 Å². The first kappa shape index (κ1) is 14.6. The lowest BCUT2D eigenvalue weighted by atomic mass is 10.2. The number of rotatable bonds is 7. The number of ether oxygens (including phenoxy) is 2. The number of benzene rings is 1. The van der Waals surface area contributed by atoms with Gasteiger partial charge in [-0.2, -0.15) is 0 Å². The standard InChI is InChI=1S/C15H16O4S/c1-11-12(9-14(20-11)15(16)17)10-18-7-8-19-13-5-3-2-4-6-13/h2-6,9H,7-8,10H2,1H3,(H,16,17). The van der Waals surface area contributed by atoms with Gasteiger partial charge in [0.2, 0.25) is 0 Å². The Labute approximate surface area is 121 Å². The SMILES string of the molecule is Cc1sc(C(=O)O)cc1COCCOc1ccccc1. The summed E-state index contributed by atoms with van der Waals surface area (Å²) in [4.78, 5) is 12.2. The van der Waals surface area contributed by atoms with E-state index >= 15 is 0 Å². The molecule has 2 aromatic rings. The Kier molecular flexibility index (Phi) is 5.15. The third kappa shape index (κ3) is 4.08. The lowest BCUT2D eigenvalue weighted by molar-refractivity contribution is 0.0701. The summed E-state index contributed by atoms with van der Waals surface area (Å²) in [5, 5.41) is 8.91. The van der Waals surface area contributed by atoms with E-state index in [-0.39, 0.29) is 0 Å². The molecule has 0 amide bonds. The number of carboxylic acids is 1. The highest BCUT2D eigenvalue weighted by atomic mass is 32.1. The van der Waals surface area contributed by atoms with Crippen LogP contribution < -0.4 is 4.74 Å². The fraction of sp³-hybridized carbons (Fsp3) is 0.267. The van der Waals surface area contributed by atoms with Crippen molar-refractivity contribution >= 4 is 17.3 Å². The van der Waals surface area contributed by atoms with Gasteiger partial charge >= 0.3 is 5.97 Å². The van der Waals surface area contributed by atoms with Crippen molar-refractivity contribution in [3.8, 4) is 5.75 Å². The number of carbonyl (C=O) groups is 1. The third-order valence-corrected chi connectivity index (χ3v) is 3.81. The van der Waals surface area contributed by atoms with E-state index in [9.17, 15) is 4.79 Å². The molecule has 0 bridgehead atoms. The van der Waals surface area contributed by atoms with Crippen LogP contribution in [0.5, 0.6) is 5.75 Å². The van der Waals surface area contributed by atoms with Crippen molar-refractivity contribution in [1.29, 1.82) is 0 Å². The molecule has 0 aliphatic heterocycles. The van der Waals surface area contributed by atoms with Gasteiger partial charge in [0.15, 0.2) is 0 Å². The number of hydrogen-bond acceptors (Lipinski definition) is 4. The minimum absolute atomic E-state index is 0.349. The van der Waals surface area contributed by atoms with Crippen molar-refractivity contribution in [2.24, 2.45) is 0 Å². The van der Waals surface area contributed by atoms with Crippen molar-refractivity contribution in [3.05, 3.63) is 51.7 Å². The van der Waals surface area contributed by atoms with Gasteiger partial charge in [0.05, 0.1) is 13.2 Å². The van der Waals surface area contributed by atoms with Gasteiger partial charge in [0.1, 0.15) is 17.2 Å². The fourth-order valence-corrected chi connectivity index (χ4v) is 2.55. The second-order valence-electron chi connectivity index (χ2n) is 4.21. The largest absolute Gasteiger partial charge is 0.491 e. The van der Waals surface area contributed by atoms with Crippen LogP contribution in [0, 0.1) is 6.92 Å². The van der Waals surface area contributed by atoms with Crippen LogP contribution in [0.3, 0.4) is 0 Å². The van der Waals surface area contributed by atoms with Crippen LogP contribution in [0.25, 0.3) is 0 Å². The maximum atomic E-state index is 10.8. The number of carboxylic acid groups (broad SMARTS) is 1. The van der Waals surface area contributed by atoms with Crippen LogP contribution >= 0.6 is 11.3 Å². The Hall–Kier alpha value is -1.85. The Morgan fingerprint density at radius 1 is 1.25 bits per heavy atom. The first-order valence-corrected chi connectivity index (χ1v) is 7.06. The van der Waals surface area contributed by atoms with E-state index in [1.807, 2.05) is 37.3 Å². The van der Waals surface area contributed by atoms with Gasteiger partial charge in [-0.15, -0.1) is 11.3 Å². The van der Waals surface area contributed by atoms with E-state index < -0.39 is 5.97 Å². The van der Waals surface area contributed by atoms with E-state index in [1.54, 1.807) is 6.07 Å². The molecular weight excluding hydrogens is 276 g/mol. The van der Waals surface area contributed by atoms with E-state index in [2.05, 4.69) is 0 Å². The third-order valence-electron chi connectivity index (χ3n) is 2.73. The first-order chi connectivity index (χ1) is 9.66. The lowest BCUT2D eigenvalue weighted by Crippen LogP contribution is -2.06. The summed E-state index contributed by atoms with van der Waals surface area (Å²) in [5.74, 6) is -0.0762. The summed E-state index contributed by atoms with van der Waals surface area (Å²) in [6.45, 7) is 3.25. The summed E-state index contributed by atoms with van der Waals surface area (Å²) < 4.78 is 11.0. The van der Waals surface area contributed by atoms with Gasteiger partial charge in [0, 0.05) is 4.88 Å². The number of aromatic carboxylic acids is 1. The van der Waals surface area contributed by atoms with E-state index in [0.29, 0.717) is 24.7 Å². The molecule has 5 heteroatoms. The molecule has 0 saturated heterocycles. The highest BCUT2D eigenvalue weighted by Crippen LogP contribution is 2.22. The monoisotopic (exact) mass is 292 g/mol. The van der Waals surface area contributed by atoms with Crippen LogP contribution in [0.1, 0.15) is 20.1 Å². The molecule has 0 aliphatic rings. The summed E-state index contributed by atoms with van der Waals surface area (Å²) in [5.41, 5.74) is 0.923. The van der Waals surface area contributed by atoms with Crippen LogP contribution in [0.15, 0.2) is 36.4 Å². The van der Waals surface area contributed by atoms with Crippen molar-refractivity contribution in [2.75, 3.05) is 13.2 Å². The zero-order valence-electron chi connectivity index (χ0n) is 11.2. The van der Waals surface area contributed by atoms with Crippen LogP contribution in [-0.4, -0.2) is 24.3 Å². The minimum Gasteiger partial charge on any atom is -0.491 e. The number of thiophene rings is 1. The molecule has 20 heavy (non-hydrogen) atoms. The molecule has 4 nitrogen and oxygen atoms in total. The van der Waals surface area contributed by atoms with Crippen molar-refractivity contribution in [1.82, 2.24) is 0 Å². The molecule has 2 rings (SSSR count). The summed E-state index contributed by atoms with van der Waals surface area (Å²) in [6, 6.07) is 11.2. The van der Waals surface area contributed by atoms with E-state index in [4.69, 9.17) is 14.6 Å². The van der Waals surface area contributed by atoms with Gasteiger partial charge in [-0.25, -0.2) is 4.79 Å². The Bertz CT molecular complexity index is 563. The van der Waals surface area contributed by atoms with Crippen molar-refractivity contribution in [3.63, 3.8) is 0 Å². The molecule has 106 valence electrons. The number of hydrogen-bond donors (Lipinski definition) is 1. The Morgan fingerprint density at radius 3 is 2.65 bits per heavy atom. The molecule has 1 aromatic heterocycles. The molecular formula is C15H16O4S. The van der Waals surface area contributed by atoms with Crippen molar-refractivity contribution < 1.29 is 19.4 Å². The molecule has 0 unspecified atom stereocenters. The van der Waals surface area contributed by atoms with Gasteiger partial charge in [-0.3, -0.25) is 0 Å². The van der Waals surface area contributed by atoms with E-state index in [1.165, 1.54) is 11.3 Å². The quantitative estimate of drug-likeness (QED) is 0.795. The molecule has 0 aliphatic carbocycles. The lowest BCUT2D eigenvalue weighted by Gasteiger charge is -2.06.